The fourth-order valence-electron chi connectivity index (χ4n) is 2.52. The minimum Gasteiger partial charge on any atom is -0.467 e. The van der Waals surface area contributed by atoms with Crippen LogP contribution < -0.4 is 5.32 Å². The van der Waals surface area contributed by atoms with Gasteiger partial charge in [0.15, 0.2) is 0 Å². The van der Waals surface area contributed by atoms with Crippen LogP contribution in [0.15, 0.2) is 24.3 Å². The maximum atomic E-state index is 12.2. The summed E-state index contributed by atoms with van der Waals surface area (Å²) in [6.07, 6.45) is 2.22. The number of anilines is 1. The zero-order valence-corrected chi connectivity index (χ0v) is 11.6. The molecule has 0 spiro atoms. The number of carbonyl (C=O) groups is 1. The van der Waals surface area contributed by atoms with Gasteiger partial charge in [-0.15, -0.1) is 0 Å². The Morgan fingerprint density at radius 3 is 2.95 bits per heavy atom. The van der Waals surface area contributed by atoms with Crippen LogP contribution in [0, 0.1) is 6.92 Å². The van der Waals surface area contributed by atoms with Crippen molar-refractivity contribution in [3.8, 4) is 0 Å². The second kappa shape index (κ2) is 6.06. The molecule has 0 saturated carbocycles. The van der Waals surface area contributed by atoms with Gasteiger partial charge in [-0.25, -0.2) is 4.79 Å². The number of ether oxygens (including phenoxy) is 2. The Morgan fingerprint density at radius 1 is 1.37 bits per heavy atom. The third kappa shape index (κ3) is 3.26. The van der Waals surface area contributed by atoms with E-state index in [1.54, 1.807) is 0 Å². The van der Waals surface area contributed by atoms with E-state index in [9.17, 15) is 4.79 Å². The Kier molecular flexibility index (Phi) is 4.43. The average Bonchev–Trinajstić information content (AvgIpc) is 2.64. The molecule has 1 unspecified atom stereocenters. The van der Waals surface area contributed by atoms with Gasteiger partial charge < -0.3 is 14.8 Å². The van der Waals surface area contributed by atoms with E-state index in [0.29, 0.717) is 19.6 Å². The van der Waals surface area contributed by atoms with Crippen LogP contribution >= 0.6 is 0 Å². The molecule has 1 fully saturated rings. The van der Waals surface area contributed by atoms with Crippen molar-refractivity contribution >= 4 is 11.7 Å². The van der Waals surface area contributed by atoms with E-state index < -0.39 is 5.54 Å². The standard InChI is InChI=1S/C15H21NO3/c1-12-5-3-6-13(11-12)16-15(14(17)18-2)7-4-9-19-10-8-15/h3,5-6,11,16H,4,7-10H2,1-2H3. The van der Waals surface area contributed by atoms with Gasteiger partial charge in [0.1, 0.15) is 5.54 Å². The summed E-state index contributed by atoms with van der Waals surface area (Å²) in [6, 6.07) is 8.03. The van der Waals surface area contributed by atoms with Gasteiger partial charge in [0.05, 0.1) is 7.11 Å². The zero-order chi connectivity index (χ0) is 13.7. The Morgan fingerprint density at radius 2 is 2.21 bits per heavy atom. The highest BCUT2D eigenvalue weighted by Gasteiger charge is 2.40. The van der Waals surface area contributed by atoms with Gasteiger partial charge in [-0.2, -0.15) is 0 Å². The van der Waals surface area contributed by atoms with Gasteiger partial charge in [0.2, 0.25) is 0 Å². The first-order valence-corrected chi connectivity index (χ1v) is 6.67. The average molecular weight is 263 g/mol. The van der Waals surface area contributed by atoms with Gasteiger partial charge in [-0.3, -0.25) is 0 Å². The number of nitrogens with one attached hydrogen (secondary N) is 1. The first-order chi connectivity index (χ1) is 9.16. The molecule has 1 N–H and O–H groups in total. The molecule has 4 heteroatoms. The lowest BCUT2D eigenvalue weighted by molar-refractivity contribution is -0.146. The van der Waals surface area contributed by atoms with Crippen molar-refractivity contribution in [1.29, 1.82) is 0 Å². The lowest BCUT2D eigenvalue weighted by Gasteiger charge is -2.31. The number of methoxy groups -OCH3 is 1. The molecule has 2 rings (SSSR count). The van der Waals surface area contributed by atoms with Crippen molar-refractivity contribution in [2.45, 2.75) is 31.7 Å². The number of aryl methyl sites for hydroxylation is 1. The van der Waals surface area contributed by atoms with Crippen molar-refractivity contribution in [3.63, 3.8) is 0 Å². The largest absolute Gasteiger partial charge is 0.467 e. The Balaban J connectivity index is 2.24. The molecular weight excluding hydrogens is 242 g/mol. The maximum Gasteiger partial charge on any atom is 0.331 e. The summed E-state index contributed by atoms with van der Waals surface area (Å²) in [4.78, 5) is 12.2. The van der Waals surface area contributed by atoms with Crippen molar-refractivity contribution in [2.75, 3.05) is 25.6 Å². The molecule has 0 aromatic heterocycles. The Hall–Kier alpha value is -1.55. The number of carbonyl (C=O) groups excluding carboxylic acids is 1. The van der Waals surface area contributed by atoms with Gasteiger partial charge in [-0.1, -0.05) is 12.1 Å². The summed E-state index contributed by atoms with van der Waals surface area (Å²) in [5.41, 5.74) is 1.45. The molecule has 104 valence electrons. The fourth-order valence-corrected chi connectivity index (χ4v) is 2.52. The monoisotopic (exact) mass is 263 g/mol. The summed E-state index contributed by atoms with van der Waals surface area (Å²) in [7, 11) is 1.44. The van der Waals surface area contributed by atoms with Crippen LogP contribution in [-0.4, -0.2) is 31.8 Å². The third-order valence-electron chi connectivity index (χ3n) is 3.54. The summed E-state index contributed by atoms with van der Waals surface area (Å²) in [5, 5.41) is 3.37. The summed E-state index contributed by atoms with van der Waals surface area (Å²) < 4.78 is 10.5. The smallest absolute Gasteiger partial charge is 0.331 e. The minimum atomic E-state index is -0.668. The van der Waals surface area contributed by atoms with Crippen LogP contribution in [0.4, 0.5) is 5.69 Å². The van der Waals surface area contributed by atoms with Crippen LogP contribution in [0.1, 0.15) is 24.8 Å². The molecule has 1 aromatic rings. The molecular formula is C15H21NO3. The van der Waals surface area contributed by atoms with Crippen molar-refractivity contribution in [2.24, 2.45) is 0 Å². The first-order valence-electron chi connectivity index (χ1n) is 6.67. The molecule has 1 saturated heterocycles. The highest BCUT2D eigenvalue weighted by atomic mass is 16.5. The van der Waals surface area contributed by atoms with E-state index in [-0.39, 0.29) is 5.97 Å². The lowest BCUT2D eigenvalue weighted by Crippen LogP contribution is -2.47. The molecule has 0 radical (unpaired) electrons. The van der Waals surface area contributed by atoms with Crippen molar-refractivity contribution in [1.82, 2.24) is 0 Å². The number of hydrogen-bond acceptors (Lipinski definition) is 4. The summed E-state index contributed by atoms with van der Waals surface area (Å²) in [5.74, 6) is -0.209. The van der Waals surface area contributed by atoms with Crippen LogP contribution in [-0.2, 0) is 14.3 Å². The van der Waals surface area contributed by atoms with E-state index in [4.69, 9.17) is 9.47 Å². The molecule has 1 atom stereocenters. The summed E-state index contributed by atoms with van der Waals surface area (Å²) >= 11 is 0. The van der Waals surface area contributed by atoms with Gasteiger partial charge >= 0.3 is 5.97 Å². The molecule has 1 aliphatic heterocycles. The van der Waals surface area contributed by atoms with Crippen LogP contribution in [0.2, 0.25) is 0 Å². The fraction of sp³-hybridized carbons (Fsp3) is 0.533. The highest BCUT2D eigenvalue weighted by molar-refractivity contribution is 5.84. The van der Waals surface area contributed by atoms with Gasteiger partial charge in [-0.05, 0) is 37.5 Å². The second-order valence-electron chi connectivity index (χ2n) is 5.03. The van der Waals surface area contributed by atoms with Crippen molar-refractivity contribution < 1.29 is 14.3 Å². The minimum absolute atomic E-state index is 0.209. The van der Waals surface area contributed by atoms with Crippen LogP contribution in [0.3, 0.4) is 0 Å². The van der Waals surface area contributed by atoms with Gasteiger partial charge in [0.25, 0.3) is 0 Å². The molecule has 1 aliphatic rings. The predicted molar refractivity (Wildman–Crippen MR) is 74.2 cm³/mol. The normalized spacial score (nSPS) is 23.5. The first kappa shape index (κ1) is 13.9. The lowest BCUT2D eigenvalue weighted by atomic mass is 9.90. The molecule has 0 bridgehead atoms. The topological polar surface area (TPSA) is 47.6 Å². The predicted octanol–water partition coefficient (Wildman–Crippen LogP) is 2.52. The highest BCUT2D eigenvalue weighted by Crippen LogP contribution is 2.28. The second-order valence-corrected chi connectivity index (χ2v) is 5.03. The molecule has 1 heterocycles. The van der Waals surface area contributed by atoms with E-state index in [2.05, 4.69) is 5.32 Å². The molecule has 1 aromatic carbocycles. The number of rotatable bonds is 3. The van der Waals surface area contributed by atoms with E-state index >= 15 is 0 Å². The summed E-state index contributed by atoms with van der Waals surface area (Å²) in [6.45, 7) is 3.31. The van der Waals surface area contributed by atoms with E-state index in [1.807, 2.05) is 31.2 Å². The molecule has 0 amide bonds. The van der Waals surface area contributed by atoms with Crippen LogP contribution in [0.25, 0.3) is 0 Å². The molecule has 0 aliphatic carbocycles. The SMILES string of the molecule is COC(=O)C1(Nc2cccc(C)c2)CCCOCC1. The number of hydrogen-bond donors (Lipinski definition) is 1. The Labute approximate surface area is 114 Å². The van der Waals surface area contributed by atoms with E-state index in [1.165, 1.54) is 7.11 Å². The Bertz CT molecular complexity index is 437. The number of esters is 1. The van der Waals surface area contributed by atoms with Gasteiger partial charge in [0, 0.05) is 25.3 Å². The third-order valence-corrected chi connectivity index (χ3v) is 3.54. The molecule has 19 heavy (non-hydrogen) atoms. The van der Waals surface area contributed by atoms with E-state index in [0.717, 1.165) is 24.1 Å². The van der Waals surface area contributed by atoms with Crippen molar-refractivity contribution in [3.05, 3.63) is 29.8 Å². The van der Waals surface area contributed by atoms with Crippen LogP contribution in [0.5, 0.6) is 0 Å². The zero-order valence-electron chi connectivity index (χ0n) is 11.6. The number of benzene rings is 1. The maximum absolute atomic E-state index is 12.2. The quantitative estimate of drug-likeness (QED) is 0.851. The molecule has 4 nitrogen and oxygen atoms in total.